The summed E-state index contributed by atoms with van der Waals surface area (Å²) in [7, 11) is 0. The van der Waals surface area contributed by atoms with Crippen LogP contribution in [0, 0.1) is 17.8 Å². The lowest BCUT2D eigenvalue weighted by Crippen LogP contribution is -2.46. The first kappa shape index (κ1) is 8.28. The molecular formula is C12H20O. The molecule has 0 aromatic heterocycles. The molecule has 4 saturated carbocycles. The van der Waals surface area contributed by atoms with Gasteiger partial charge in [0.25, 0.3) is 0 Å². The van der Waals surface area contributed by atoms with Crippen molar-refractivity contribution in [2.75, 3.05) is 0 Å². The maximum atomic E-state index is 10.4. The van der Waals surface area contributed by atoms with Crippen molar-refractivity contribution in [3.63, 3.8) is 0 Å². The first-order valence-corrected chi connectivity index (χ1v) is 5.96. The highest BCUT2D eigenvalue weighted by molar-refractivity contribution is 4.97. The molecule has 2 atom stereocenters. The van der Waals surface area contributed by atoms with Gasteiger partial charge in [-0.05, 0) is 49.9 Å². The van der Waals surface area contributed by atoms with Gasteiger partial charge in [-0.2, -0.15) is 0 Å². The molecular weight excluding hydrogens is 160 g/mol. The lowest BCUT2D eigenvalue weighted by Gasteiger charge is -2.50. The van der Waals surface area contributed by atoms with Gasteiger partial charge in [-0.3, -0.25) is 0 Å². The van der Waals surface area contributed by atoms with Crippen molar-refractivity contribution in [2.24, 2.45) is 17.8 Å². The number of hydrogen-bond acceptors (Lipinski definition) is 1. The van der Waals surface area contributed by atoms with Gasteiger partial charge < -0.3 is 5.11 Å². The van der Waals surface area contributed by atoms with Crippen molar-refractivity contribution in [3.05, 3.63) is 0 Å². The average Bonchev–Trinajstić information content (AvgIpc) is 1.97. The molecule has 74 valence electrons. The van der Waals surface area contributed by atoms with Crippen LogP contribution in [0.25, 0.3) is 0 Å². The zero-order chi connectivity index (χ0) is 8.89. The molecule has 2 unspecified atom stereocenters. The maximum Gasteiger partial charge on any atom is 0.0655 e. The Balaban J connectivity index is 1.89. The Labute approximate surface area is 80.5 Å². The van der Waals surface area contributed by atoms with Gasteiger partial charge in [-0.25, -0.2) is 0 Å². The third-order valence-corrected chi connectivity index (χ3v) is 4.56. The number of aliphatic hydroxyl groups is 1. The predicted molar refractivity (Wildman–Crippen MR) is 52.4 cm³/mol. The molecule has 0 heterocycles. The van der Waals surface area contributed by atoms with Crippen LogP contribution in [-0.4, -0.2) is 10.7 Å². The van der Waals surface area contributed by atoms with Crippen LogP contribution in [0.4, 0.5) is 0 Å². The number of fused-ring (bicyclic) bond motifs is 2. The molecule has 0 radical (unpaired) electrons. The zero-order valence-corrected chi connectivity index (χ0v) is 8.34. The van der Waals surface area contributed by atoms with Crippen molar-refractivity contribution in [1.82, 2.24) is 0 Å². The van der Waals surface area contributed by atoms with E-state index in [2.05, 4.69) is 0 Å². The summed E-state index contributed by atoms with van der Waals surface area (Å²) < 4.78 is 0. The fraction of sp³-hybridized carbons (Fsp3) is 1.00. The lowest BCUT2D eigenvalue weighted by molar-refractivity contribution is -0.0962. The van der Waals surface area contributed by atoms with E-state index in [0.29, 0.717) is 0 Å². The van der Waals surface area contributed by atoms with E-state index < -0.39 is 0 Å². The molecule has 0 aliphatic heterocycles. The largest absolute Gasteiger partial charge is 0.390 e. The molecule has 0 aromatic carbocycles. The summed E-state index contributed by atoms with van der Waals surface area (Å²) in [6.07, 6.45) is 10.5. The first-order chi connectivity index (χ1) is 6.23. The summed E-state index contributed by atoms with van der Waals surface area (Å²) in [6.45, 7) is 0. The molecule has 1 heteroatoms. The monoisotopic (exact) mass is 180 g/mol. The van der Waals surface area contributed by atoms with Crippen LogP contribution in [-0.2, 0) is 0 Å². The van der Waals surface area contributed by atoms with Crippen LogP contribution in [0.3, 0.4) is 0 Å². The van der Waals surface area contributed by atoms with E-state index in [1.165, 1.54) is 32.1 Å². The highest BCUT2D eigenvalue weighted by atomic mass is 16.3. The van der Waals surface area contributed by atoms with E-state index >= 15 is 0 Å². The highest BCUT2D eigenvalue weighted by Crippen LogP contribution is 2.51. The predicted octanol–water partition coefficient (Wildman–Crippen LogP) is 2.73. The van der Waals surface area contributed by atoms with E-state index in [1.54, 1.807) is 0 Å². The fourth-order valence-electron chi connectivity index (χ4n) is 4.37. The third kappa shape index (κ3) is 1.41. The molecule has 0 amide bonds. The lowest BCUT2D eigenvalue weighted by atomic mass is 9.59. The highest BCUT2D eigenvalue weighted by Gasteiger charge is 2.45. The molecule has 4 bridgehead atoms. The maximum absolute atomic E-state index is 10.4. The summed E-state index contributed by atoms with van der Waals surface area (Å²) in [5.41, 5.74) is -0.225. The Morgan fingerprint density at radius 3 is 1.92 bits per heavy atom. The second-order valence-corrected chi connectivity index (χ2v) is 5.84. The van der Waals surface area contributed by atoms with E-state index in [4.69, 9.17) is 0 Å². The van der Waals surface area contributed by atoms with Gasteiger partial charge in [0.1, 0.15) is 0 Å². The Hall–Kier alpha value is -0.0400. The van der Waals surface area contributed by atoms with E-state index in [9.17, 15) is 5.11 Å². The standard InChI is InChI=1S/C12H20O/c13-12-6-9-2-1-3-10(7-12)5-11(4-9)8-12/h9-11,13H,1-8H2. The molecule has 0 aromatic rings. The van der Waals surface area contributed by atoms with Crippen molar-refractivity contribution < 1.29 is 5.11 Å². The van der Waals surface area contributed by atoms with Crippen molar-refractivity contribution >= 4 is 0 Å². The normalized spacial score (nSPS) is 54.7. The van der Waals surface area contributed by atoms with Gasteiger partial charge in [0.05, 0.1) is 5.60 Å². The summed E-state index contributed by atoms with van der Waals surface area (Å²) >= 11 is 0. The Kier molecular flexibility index (Phi) is 1.74. The van der Waals surface area contributed by atoms with Gasteiger partial charge in [-0.1, -0.05) is 19.3 Å². The second kappa shape index (κ2) is 2.73. The van der Waals surface area contributed by atoms with Gasteiger partial charge in [0, 0.05) is 0 Å². The van der Waals surface area contributed by atoms with Gasteiger partial charge in [0.15, 0.2) is 0 Å². The molecule has 1 N–H and O–H groups in total. The van der Waals surface area contributed by atoms with Crippen molar-refractivity contribution in [1.29, 1.82) is 0 Å². The Bertz CT molecular complexity index is 195. The molecule has 4 fully saturated rings. The van der Waals surface area contributed by atoms with Crippen LogP contribution in [0.1, 0.15) is 51.4 Å². The molecule has 4 aliphatic carbocycles. The smallest absolute Gasteiger partial charge is 0.0655 e. The van der Waals surface area contributed by atoms with Crippen LogP contribution < -0.4 is 0 Å². The summed E-state index contributed by atoms with van der Waals surface area (Å²) in [6, 6.07) is 0. The molecule has 0 spiro atoms. The van der Waals surface area contributed by atoms with Gasteiger partial charge in [0.2, 0.25) is 0 Å². The minimum absolute atomic E-state index is 0.225. The summed E-state index contributed by atoms with van der Waals surface area (Å²) in [4.78, 5) is 0. The number of rotatable bonds is 0. The molecule has 4 aliphatic rings. The van der Waals surface area contributed by atoms with E-state index in [-0.39, 0.29) is 5.60 Å². The Morgan fingerprint density at radius 2 is 1.38 bits per heavy atom. The molecule has 13 heavy (non-hydrogen) atoms. The Morgan fingerprint density at radius 1 is 0.846 bits per heavy atom. The zero-order valence-electron chi connectivity index (χ0n) is 8.34. The van der Waals surface area contributed by atoms with Crippen LogP contribution >= 0.6 is 0 Å². The SMILES string of the molecule is OC12CC3CCCC(CC(C3)C1)C2. The summed E-state index contributed by atoms with van der Waals surface area (Å²) in [5, 5.41) is 10.4. The minimum Gasteiger partial charge on any atom is -0.390 e. The average molecular weight is 180 g/mol. The topological polar surface area (TPSA) is 20.2 Å². The quantitative estimate of drug-likeness (QED) is 0.607. The fourth-order valence-corrected chi connectivity index (χ4v) is 4.37. The number of hydrogen-bond donors (Lipinski definition) is 1. The van der Waals surface area contributed by atoms with E-state index in [1.807, 2.05) is 0 Å². The van der Waals surface area contributed by atoms with Gasteiger partial charge >= 0.3 is 0 Å². The van der Waals surface area contributed by atoms with Crippen molar-refractivity contribution in [2.45, 2.75) is 57.0 Å². The molecule has 0 saturated heterocycles. The van der Waals surface area contributed by atoms with E-state index in [0.717, 1.165) is 37.0 Å². The van der Waals surface area contributed by atoms with Crippen LogP contribution in [0.5, 0.6) is 0 Å². The molecule has 4 rings (SSSR count). The minimum atomic E-state index is -0.225. The van der Waals surface area contributed by atoms with Crippen molar-refractivity contribution in [3.8, 4) is 0 Å². The van der Waals surface area contributed by atoms with Crippen LogP contribution in [0.15, 0.2) is 0 Å². The third-order valence-electron chi connectivity index (χ3n) is 4.56. The van der Waals surface area contributed by atoms with Gasteiger partial charge in [-0.15, -0.1) is 0 Å². The first-order valence-electron chi connectivity index (χ1n) is 5.96. The molecule has 1 nitrogen and oxygen atoms in total. The summed E-state index contributed by atoms with van der Waals surface area (Å²) in [5.74, 6) is 2.61. The second-order valence-electron chi connectivity index (χ2n) is 5.84. The van der Waals surface area contributed by atoms with Crippen LogP contribution in [0.2, 0.25) is 0 Å².